The lowest BCUT2D eigenvalue weighted by atomic mass is 10.2. The molecule has 0 aliphatic heterocycles. The molecule has 58 valence electrons. The predicted octanol–water partition coefficient (Wildman–Crippen LogP) is 1.21. The number of nitrogens with zero attached hydrogens (tertiary/aromatic N) is 1. The number of hydrogen-bond acceptors (Lipinski definition) is 3. The maximum absolute atomic E-state index is 10.5. The molecule has 0 atom stereocenters. The molecular weight excluding hydrogens is 142 g/mol. The summed E-state index contributed by atoms with van der Waals surface area (Å²) in [4.78, 5) is 14.4. The van der Waals surface area contributed by atoms with E-state index in [0.29, 0.717) is 17.0 Å². The van der Waals surface area contributed by atoms with Gasteiger partial charge in [-0.2, -0.15) is 0 Å². The van der Waals surface area contributed by atoms with Crippen LogP contribution in [0.1, 0.15) is 16.1 Å². The number of methoxy groups -OCH3 is 1. The van der Waals surface area contributed by atoms with Crippen LogP contribution in [0.2, 0.25) is 0 Å². The molecule has 1 rings (SSSR count). The normalized spacial score (nSPS) is 9.27. The fraction of sp³-hybridized carbons (Fsp3) is 0.250. The summed E-state index contributed by atoms with van der Waals surface area (Å²) >= 11 is 0. The molecule has 0 spiro atoms. The summed E-state index contributed by atoms with van der Waals surface area (Å²) in [5, 5.41) is 0. The van der Waals surface area contributed by atoms with Crippen molar-refractivity contribution in [1.29, 1.82) is 0 Å². The highest BCUT2D eigenvalue weighted by Gasteiger charge is 2.03. The minimum atomic E-state index is 0.523. The van der Waals surface area contributed by atoms with E-state index in [0.717, 1.165) is 6.29 Å². The molecule has 0 fully saturated rings. The Balaban J connectivity index is 3.24. The Bertz CT molecular complexity index is 271. The quantitative estimate of drug-likeness (QED) is 0.596. The van der Waals surface area contributed by atoms with Crippen LogP contribution in [0.4, 0.5) is 0 Å². The van der Waals surface area contributed by atoms with E-state index < -0.39 is 0 Å². The number of carbonyl (C=O) groups is 1. The Morgan fingerprint density at radius 1 is 1.64 bits per heavy atom. The van der Waals surface area contributed by atoms with Gasteiger partial charge in [0, 0.05) is 6.20 Å². The first-order valence-corrected chi connectivity index (χ1v) is 3.24. The third-order valence-corrected chi connectivity index (χ3v) is 1.49. The van der Waals surface area contributed by atoms with E-state index in [1.54, 1.807) is 19.2 Å². The Hall–Kier alpha value is -1.38. The lowest BCUT2D eigenvalue weighted by Crippen LogP contribution is -1.95. The van der Waals surface area contributed by atoms with Gasteiger partial charge in [-0.15, -0.1) is 0 Å². The fourth-order valence-corrected chi connectivity index (χ4v) is 0.876. The zero-order valence-corrected chi connectivity index (χ0v) is 6.50. The number of aromatic nitrogens is 1. The number of aryl methyl sites for hydroxylation is 1. The Labute approximate surface area is 65.0 Å². The third kappa shape index (κ3) is 1.37. The van der Waals surface area contributed by atoms with Crippen LogP contribution in [-0.2, 0) is 0 Å². The zero-order chi connectivity index (χ0) is 8.27. The monoisotopic (exact) mass is 151 g/mol. The largest absolute Gasteiger partial charge is 0.496 e. The van der Waals surface area contributed by atoms with Gasteiger partial charge in [0.25, 0.3) is 0 Å². The second-order valence-electron chi connectivity index (χ2n) is 2.13. The predicted molar refractivity (Wildman–Crippen MR) is 40.9 cm³/mol. The average Bonchev–Trinajstić information content (AvgIpc) is 2.04. The van der Waals surface area contributed by atoms with Gasteiger partial charge in [0.05, 0.1) is 18.4 Å². The van der Waals surface area contributed by atoms with Crippen molar-refractivity contribution in [3.8, 4) is 5.75 Å². The molecule has 0 bridgehead atoms. The topological polar surface area (TPSA) is 39.2 Å². The molecule has 11 heavy (non-hydrogen) atoms. The minimum absolute atomic E-state index is 0.523. The molecule has 0 unspecified atom stereocenters. The lowest BCUT2D eigenvalue weighted by Gasteiger charge is -2.03. The maximum atomic E-state index is 10.5. The van der Waals surface area contributed by atoms with Crippen molar-refractivity contribution >= 4 is 6.29 Å². The Morgan fingerprint density at radius 2 is 2.36 bits per heavy atom. The number of ether oxygens (including phenoxy) is 1. The SMILES string of the molecule is COc1ccnc(C)c1C=O. The van der Waals surface area contributed by atoms with Crippen molar-refractivity contribution in [2.75, 3.05) is 7.11 Å². The Morgan fingerprint density at radius 3 is 2.82 bits per heavy atom. The van der Waals surface area contributed by atoms with Crippen LogP contribution < -0.4 is 4.74 Å². The van der Waals surface area contributed by atoms with Gasteiger partial charge in [-0.25, -0.2) is 0 Å². The van der Waals surface area contributed by atoms with Gasteiger partial charge in [-0.3, -0.25) is 9.78 Å². The maximum Gasteiger partial charge on any atom is 0.155 e. The first-order chi connectivity index (χ1) is 5.29. The molecule has 0 aliphatic rings. The number of pyridine rings is 1. The van der Waals surface area contributed by atoms with Gasteiger partial charge in [0.15, 0.2) is 6.29 Å². The summed E-state index contributed by atoms with van der Waals surface area (Å²) in [6.45, 7) is 1.77. The highest BCUT2D eigenvalue weighted by Crippen LogP contribution is 2.16. The van der Waals surface area contributed by atoms with Gasteiger partial charge >= 0.3 is 0 Å². The van der Waals surface area contributed by atoms with Crippen molar-refractivity contribution in [1.82, 2.24) is 4.98 Å². The zero-order valence-electron chi connectivity index (χ0n) is 6.50. The molecule has 0 radical (unpaired) electrons. The van der Waals surface area contributed by atoms with E-state index in [4.69, 9.17) is 4.74 Å². The van der Waals surface area contributed by atoms with Gasteiger partial charge in [0.2, 0.25) is 0 Å². The summed E-state index contributed by atoms with van der Waals surface area (Å²) in [5.41, 5.74) is 1.22. The second-order valence-corrected chi connectivity index (χ2v) is 2.13. The molecule has 1 aromatic rings. The molecule has 0 saturated heterocycles. The Kier molecular flexibility index (Phi) is 2.21. The molecule has 0 aliphatic carbocycles. The minimum Gasteiger partial charge on any atom is -0.496 e. The van der Waals surface area contributed by atoms with Crippen molar-refractivity contribution in [2.45, 2.75) is 6.92 Å². The van der Waals surface area contributed by atoms with Crippen LogP contribution in [-0.4, -0.2) is 18.4 Å². The summed E-state index contributed by atoms with van der Waals surface area (Å²) < 4.78 is 4.95. The highest BCUT2D eigenvalue weighted by molar-refractivity contribution is 5.80. The molecule has 1 aromatic heterocycles. The van der Waals surface area contributed by atoms with E-state index in [1.807, 2.05) is 0 Å². The van der Waals surface area contributed by atoms with Crippen LogP contribution in [0.3, 0.4) is 0 Å². The van der Waals surface area contributed by atoms with Crippen molar-refractivity contribution < 1.29 is 9.53 Å². The van der Waals surface area contributed by atoms with Gasteiger partial charge in [-0.1, -0.05) is 0 Å². The van der Waals surface area contributed by atoms with Gasteiger partial charge < -0.3 is 4.74 Å². The van der Waals surface area contributed by atoms with E-state index in [9.17, 15) is 4.79 Å². The van der Waals surface area contributed by atoms with Crippen molar-refractivity contribution in [3.63, 3.8) is 0 Å². The fourth-order valence-electron chi connectivity index (χ4n) is 0.876. The van der Waals surface area contributed by atoms with E-state index in [2.05, 4.69) is 4.98 Å². The molecule has 0 aromatic carbocycles. The van der Waals surface area contributed by atoms with Gasteiger partial charge in [-0.05, 0) is 13.0 Å². The highest BCUT2D eigenvalue weighted by atomic mass is 16.5. The second kappa shape index (κ2) is 3.14. The first kappa shape index (κ1) is 7.72. The summed E-state index contributed by atoms with van der Waals surface area (Å²) in [7, 11) is 1.53. The van der Waals surface area contributed by atoms with Crippen LogP contribution in [0.5, 0.6) is 5.75 Å². The van der Waals surface area contributed by atoms with E-state index >= 15 is 0 Å². The number of carbonyl (C=O) groups excluding carboxylic acids is 1. The third-order valence-electron chi connectivity index (χ3n) is 1.49. The van der Waals surface area contributed by atoms with Crippen LogP contribution >= 0.6 is 0 Å². The smallest absolute Gasteiger partial charge is 0.155 e. The summed E-state index contributed by atoms with van der Waals surface area (Å²) in [6, 6.07) is 1.66. The van der Waals surface area contributed by atoms with Crippen LogP contribution in [0, 0.1) is 6.92 Å². The first-order valence-electron chi connectivity index (χ1n) is 3.24. The number of aldehydes is 1. The van der Waals surface area contributed by atoms with Crippen LogP contribution in [0.15, 0.2) is 12.3 Å². The van der Waals surface area contributed by atoms with E-state index in [1.165, 1.54) is 7.11 Å². The molecule has 1 heterocycles. The molecule has 3 nitrogen and oxygen atoms in total. The number of hydrogen-bond donors (Lipinski definition) is 0. The molecular formula is C8H9NO2. The standard InChI is InChI=1S/C8H9NO2/c1-6-7(5-10)8(11-2)3-4-9-6/h3-5H,1-2H3. The molecule has 0 N–H and O–H groups in total. The molecule has 0 saturated carbocycles. The molecule has 0 amide bonds. The van der Waals surface area contributed by atoms with Crippen molar-refractivity contribution in [2.24, 2.45) is 0 Å². The average molecular weight is 151 g/mol. The van der Waals surface area contributed by atoms with E-state index in [-0.39, 0.29) is 0 Å². The number of rotatable bonds is 2. The summed E-state index contributed by atoms with van der Waals surface area (Å²) in [6.07, 6.45) is 2.36. The summed E-state index contributed by atoms with van der Waals surface area (Å²) in [5.74, 6) is 0.576. The molecule has 3 heteroatoms. The van der Waals surface area contributed by atoms with Gasteiger partial charge in [0.1, 0.15) is 5.75 Å². The van der Waals surface area contributed by atoms with Crippen molar-refractivity contribution in [3.05, 3.63) is 23.5 Å². The lowest BCUT2D eigenvalue weighted by molar-refractivity contribution is 0.111. The van der Waals surface area contributed by atoms with Crippen LogP contribution in [0.25, 0.3) is 0 Å².